The quantitative estimate of drug-likeness (QED) is 0.520. The van der Waals surface area contributed by atoms with E-state index in [4.69, 9.17) is 16.0 Å². The average Bonchev–Trinajstić information content (AvgIpc) is 3.19. The van der Waals surface area contributed by atoms with Crippen molar-refractivity contribution in [3.05, 3.63) is 88.8 Å². The van der Waals surface area contributed by atoms with Gasteiger partial charge in [0.15, 0.2) is 5.58 Å². The minimum absolute atomic E-state index is 0.202. The molecule has 5 heteroatoms. The highest BCUT2D eigenvalue weighted by Crippen LogP contribution is 2.24. The van der Waals surface area contributed by atoms with Crippen LogP contribution in [0.3, 0.4) is 0 Å². The third-order valence-electron chi connectivity index (χ3n) is 4.43. The van der Waals surface area contributed by atoms with Crippen molar-refractivity contribution in [1.29, 1.82) is 0 Å². The van der Waals surface area contributed by atoms with Crippen LogP contribution >= 0.6 is 11.6 Å². The summed E-state index contributed by atoms with van der Waals surface area (Å²) in [6, 6.07) is 18.9. The maximum Gasteiger partial charge on any atom is 0.272 e. The third kappa shape index (κ3) is 3.11. The first-order valence-corrected chi connectivity index (χ1v) is 8.68. The fourth-order valence-electron chi connectivity index (χ4n) is 3.05. The number of rotatable bonds is 4. The smallest absolute Gasteiger partial charge is 0.272 e. The molecule has 2 heterocycles. The van der Waals surface area contributed by atoms with Gasteiger partial charge in [-0.1, -0.05) is 41.9 Å². The molecule has 1 N–H and O–H groups in total. The van der Waals surface area contributed by atoms with E-state index in [2.05, 4.69) is 24.4 Å². The fraction of sp³-hybridized carbons (Fsp3) is 0.0952. The normalized spacial score (nSPS) is 11.0. The Morgan fingerprint density at radius 2 is 1.96 bits per heavy atom. The molecule has 0 spiro atoms. The van der Waals surface area contributed by atoms with Gasteiger partial charge >= 0.3 is 0 Å². The zero-order chi connectivity index (χ0) is 18.1. The maximum atomic E-state index is 12.9. The van der Waals surface area contributed by atoms with Crippen LogP contribution in [0, 0.1) is 6.92 Å². The SMILES string of the molecule is Cc1ccccc1Cn1c(C(=O)Nc2cccc(Cl)c2)cc2occc21. The van der Waals surface area contributed by atoms with Crippen LogP contribution in [0.1, 0.15) is 21.6 Å². The van der Waals surface area contributed by atoms with Crippen molar-refractivity contribution < 1.29 is 9.21 Å². The number of amides is 1. The minimum atomic E-state index is -0.202. The lowest BCUT2D eigenvalue weighted by Crippen LogP contribution is -2.17. The Bertz CT molecular complexity index is 1090. The number of hydrogen-bond donors (Lipinski definition) is 1. The Kier molecular flexibility index (Phi) is 4.27. The molecule has 0 bridgehead atoms. The number of anilines is 1. The van der Waals surface area contributed by atoms with Gasteiger partial charge in [0, 0.05) is 29.4 Å². The van der Waals surface area contributed by atoms with Gasteiger partial charge in [-0.25, -0.2) is 0 Å². The molecule has 4 aromatic rings. The summed E-state index contributed by atoms with van der Waals surface area (Å²) in [6.07, 6.45) is 1.64. The van der Waals surface area contributed by atoms with E-state index in [1.54, 1.807) is 30.5 Å². The molecule has 2 aromatic carbocycles. The molecule has 0 radical (unpaired) electrons. The predicted molar refractivity (Wildman–Crippen MR) is 104 cm³/mol. The zero-order valence-corrected chi connectivity index (χ0v) is 15.0. The number of aryl methyl sites for hydroxylation is 1. The van der Waals surface area contributed by atoms with Gasteiger partial charge in [0.1, 0.15) is 5.69 Å². The van der Waals surface area contributed by atoms with Gasteiger partial charge in [0.2, 0.25) is 0 Å². The van der Waals surface area contributed by atoms with E-state index in [0.29, 0.717) is 28.5 Å². The molecule has 0 fully saturated rings. The Balaban J connectivity index is 1.72. The second-order valence-electron chi connectivity index (χ2n) is 6.18. The van der Waals surface area contributed by atoms with E-state index in [1.165, 1.54) is 5.56 Å². The molecule has 26 heavy (non-hydrogen) atoms. The van der Waals surface area contributed by atoms with E-state index < -0.39 is 0 Å². The van der Waals surface area contributed by atoms with Crippen LogP contribution < -0.4 is 5.32 Å². The number of aromatic nitrogens is 1. The van der Waals surface area contributed by atoms with Crippen molar-refractivity contribution in [2.24, 2.45) is 0 Å². The highest BCUT2D eigenvalue weighted by atomic mass is 35.5. The van der Waals surface area contributed by atoms with Crippen molar-refractivity contribution in [2.45, 2.75) is 13.5 Å². The van der Waals surface area contributed by atoms with Gasteiger partial charge in [-0.05, 0) is 36.2 Å². The molecule has 0 saturated heterocycles. The Morgan fingerprint density at radius 3 is 2.77 bits per heavy atom. The number of furan rings is 1. The van der Waals surface area contributed by atoms with Crippen molar-refractivity contribution >= 4 is 34.3 Å². The Labute approximate surface area is 156 Å². The molecule has 0 unspecified atom stereocenters. The summed E-state index contributed by atoms with van der Waals surface area (Å²) in [6.45, 7) is 2.66. The van der Waals surface area contributed by atoms with Crippen LogP contribution in [-0.2, 0) is 6.54 Å². The Hall–Kier alpha value is -2.98. The van der Waals surface area contributed by atoms with Crippen molar-refractivity contribution in [3.63, 3.8) is 0 Å². The van der Waals surface area contributed by atoms with Crippen LogP contribution in [0.25, 0.3) is 11.1 Å². The summed E-state index contributed by atoms with van der Waals surface area (Å²) >= 11 is 6.01. The fourth-order valence-corrected chi connectivity index (χ4v) is 3.25. The number of hydrogen-bond acceptors (Lipinski definition) is 2. The van der Waals surface area contributed by atoms with Crippen molar-refractivity contribution in [2.75, 3.05) is 5.32 Å². The zero-order valence-electron chi connectivity index (χ0n) is 14.2. The van der Waals surface area contributed by atoms with Crippen molar-refractivity contribution in [1.82, 2.24) is 4.57 Å². The first-order valence-electron chi connectivity index (χ1n) is 8.30. The largest absolute Gasteiger partial charge is 0.463 e. The second kappa shape index (κ2) is 6.73. The molecule has 0 aliphatic heterocycles. The van der Waals surface area contributed by atoms with Gasteiger partial charge in [-0.2, -0.15) is 0 Å². The molecule has 4 nitrogen and oxygen atoms in total. The third-order valence-corrected chi connectivity index (χ3v) is 4.66. The first kappa shape index (κ1) is 16.5. The van der Waals surface area contributed by atoms with Crippen LogP contribution in [0.2, 0.25) is 5.02 Å². The Morgan fingerprint density at radius 1 is 1.12 bits per heavy atom. The standard InChI is InChI=1S/C21H17ClN2O2/c1-14-5-2-3-6-15(14)13-24-18-9-10-26-20(18)12-19(24)21(25)23-17-8-4-7-16(22)11-17/h2-12H,13H2,1H3,(H,23,25). The summed E-state index contributed by atoms with van der Waals surface area (Å²) < 4.78 is 7.48. The average molecular weight is 365 g/mol. The number of fused-ring (bicyclic) bond motifs is 1. The van der Waals surface area contributed by atoms with Gasteiger partial charge in [0.05, 0.1) is 11.8 Å². The number of carbonyl (C=O) groups is 1. The molecule has 130 valence electrons. The number of carbonyl (C=O) groups excluding carboxylic acids is 1. The van der Waals surface area contributed by atoms with Crippen LogP contribution in [0.5, 0.6) is 0 Å². The molecular weight excluding hydrogens is 348 g/mol. The van der Waals surface area contributed by atoms with Gasteiger partial charge < -0.3 is 14.3 Å². The molecule has 0 atom stereocenters. The van der Waals surface area contributed by atoms with Gasteiger partial charge in [-0.15, -0.1) is 0 Å². The number of benzene rings is 2. The summed E-state index contributed by atoms with van der Waals surface area (Å²) in [7, 11) is 0. The molecule has 2 aromatic heterocycles. The molecule has 0 aliphatic carbocycles. The highest BCUT2D eigenvalue weighted by molar-refractivity contribution is 6.31. The van der Waals surface area contributed by atoms with E-state index >= 15 is 0 Å². The van der Waals surface area contributed by atoms with Crippen LogP contribution in [0.4, 0.5) is 5.69 Å². The monoisotopic (exact) mass is 364 g/mol. The number of nitrogens with zero attached hydrogens (tertiary/aromatic N) is 1. The highest BCUT2D eigenvalue weighted by Gasteiger charge is 2.18. The lowest BCUT2D eigenvalue weighted by Gasteiger charge is -2.12. The van der Waals surface area contributed by atoms with Gasteiger partial charge in [-0.3, -0.25) is 4.79 Å². The number of nitrogens with one attached hydrogen (secondary N) is 1. The summed E-state index contributed by atoms with van der Waals surface area (Å²) in [5.41, 5.74) is 5.12. The van der Waals surface area contributed by atoms with E-state index in [9.17, 15) is 4.79 Å². The van der Waals surface area contributed by atoms with E-state index in [0.717, 1.165) is 11.1 Å². The summed E-state index contributed by atoms with van der Waals surface area (Å²) in [4.78, 5) is 12.9. The van der Waals surface area contributed by atoms with Gasteiger partial charge in [0.25, 0.3) is 5.91 Å². The molecule has 0 aliphatic rings. The molecule has 1 amide bonds. The topological polar surface area (TPSA) is 47.2 Å². The van der Waals surface area contributed by atoms with E-state index in [1.807, 2.05) is 28.8 Å². The van der Waals surface area contributed by atoms with Crippen LogP contribution in [0.15, 0.2) is 71.3 Å². The predicted octanol–water partition coefficient (Wildman–Crippen LogP) is 5.50. The second-order valence-corrected chi connectivity index (χ2v) is 6.61. The van der Waals surface area contributed by atoms with Crippen molar-refractivity contribution in [3.8, 4) is 0 Å². The molecular formula is C21H17ClN2O2. The first-order chi connectivity index (χ1) is 12.6. The molecule has 4 rings (SSSR count). The maximum absolute atomic E-state index is 12.9. The summed E-state index contributed by atoms with van der Waals surface area (Å²) in [5, 5.41) is 3.48. The lowest BCUT2D eigenvalue weighted by atomic mass is 10.1. The summed E-state index contributed by atoms with van der Waals surface area (Å²) in [5.74, 6) is -0.202. The van der Waals surface area contributed by atoms with Crippen LogP contribution in [-0.4, -0.2) is 10.5 Å². The lowest BCUT2D eigenvalue weighted by molar-refractivity contribution is 0.101. The number of halogens is 1. The molecule has 0 saturated carbocycles. The van der Waals surface area contributed by atoms with E-state index in [-0.39, 0.29) is 5.91 Å². The minimum Gasteiger partial charge on any atom is -0.463 e.